The molecule has 0 aliphatic rings. The van der Waals surface area contributed by atoms with E-state index in [1.54, 1.807) is 0 Å². The molecule has 0 aliphatic heterocycles. The number of benzene rings is 3. The third-order valence-electron chi connectivity index (χ3n) is 5.05. The highest BCUT2D eigenvalue weighted by Crippen LogP contribution is 2.31. The van der Waals surface area contributed by atoms with E-state index >= 15 is 0 Å². The Hall–Kier alpha value is -2.76. The van der Waals surface area contributed by atoms with Crippen LogP contribution in [0.3, 0.4) is 0 Å². The second-order valence-corrected chi connectivity index (χ2v) is 8.33. The molecule has 3 aromatic rings. The van der Waals surface area contributed by atoms with Crippen molar-refractivity contribution in [3.05, 3.63) is 114 Å². The Morgan fingerprint density at radius 3 is 1.35 bits per heavy atom. The lowest BCUT2D eigenvalue weighted by Gasteiger charge is -2.30. The van der Waals surface area contributed by atoms with Gasteiger partial charge < -0.3 is 0 Å². The van der Waals surface area contributed by atoms with Gasteiger partial charge in [-0.2, -0.15) is 9.78 Å². The molecule has 162 valence electrons. The minimum Gasteiger partial charge on any atom is -0.223 e. The highest BCUT2D eigenvalue weighted by atomic mass is 17.3. The van der Waals surface area contributed by atoms with Gasteiger partial charge in [0.2, 0.25) is 6.29 Å². The van der Waals surface area contributed by atoms with Crippen LogP contribution in [0, 0.1) is 0 Å². The van der Waals surface area contributed by atoms with Gasteiger partial charge in [0, 0.05) is 5.57 Å². The predicted molar refractivity (Wildman–Crippen MR) is 123 cm³/mol. The van der Waals surface area contributed by atoms with E-state index in [2.05, 4.69) is 6.58 Å². The minimum absolute atomic E-state index is 0.591. The molecule has 0 saturated heterocycles. The molecule has 4 nitrogen and oxygen atoms in total. The van der Waals surface area contributed by atoms with Crippen LogP contribution in [0.15, 0.2) is 97.6 Å². The smallest absolute Gasteiger partial charge is 0.223 e. The third-order valence-corrected chi connectivity index (χ3v) is 5.05. The molecule has 0 amide bonds. The van der Waals surface area contributed by atoms with Gasteiger partial charge in [-0.05, 0) is 44.4 Å². The van der Waals surface area contributed by atoms with Crippen molar-refractivity contribution in [1.82, 2.24) is 0 Å². The van der Waals surface area contributed by atoms with Gasteiger partial charge in [0.25, 0.3) is 0 Å². The molecular weight excluding hydrogens is 388 g/mol. The Morgan fingerprint density at radius 1 is 0.613 bits per heavy atom. The van der Waals surface area contributed by atoms with Gasteiger partial charge in [-0.1, -0.05) is 97.6 Å². The molecule has 0 bridgehead atoms. The van der Waals surface area contributed by atoms with Gasteiger partial charge in [0.05, 0.1) is 0 Å². The second kappa shape index (κ2) is 10.0. The van der Waals surface area contributed by atoms with Gasteiger partial charge in [-0.15, -0.1) is 0 Å². The summed E-state index contributed by atoms with van der Waals surface area (Å²) in [6.07, 6.45) is -0.964. The van der Waals surface area contributed by atoms with Gasteiger partial charge in [0.1, 0.15) is 11.2 Å². The van der Waals surface area contributed by atoms with Gasteiger partial charge in [-0.25, -0.2) is 9.78 Å². The summed E-state index contributed by atoms with van der Waals surface area (Å²) >= 11 is 0. The summed E-state index contributed by atoms with van der Waals surface area (Å²) in [5.74, 6) is 0. The highest BCUT2D eigenvalue weighted by molar-refractivity contribution is 5.65. The summed E-state index contributed by atoms with van der Waals surface area (Å²) in [5, 5.41) is 0. The molecular formula is C27H30O4. The van der Waals surface area contributed by atoms with Crippen molar-refractivity contribution >= 4 is 5.57 Å². The van der Waals surface area contributed by atoms with E-state index in [0.717, 1.165) is 16.7 Å². The normalized spacial score (nSPS) is 12.2. The summed E-state index contributed by atoms with van der Waals surface area (Å²) in [6.45, 7) is 11.9. The second-order valence-electron chi connectivity index (χ2n) is 8.33. The van der Waals surface area contributed by atoms with E-state index in [0.29, 0.717) is 5.57 Å². The van der Waals surface area contributed by atoms with Crippen LogP contribution in [0.1, 0.15) is 44.4 Å². The zero-order chi connectivity index (χ0) is 22.3. The van der Waals surface area contributed by atoms with Crippen molar-refractivity contribution in [2.45, 2.75) is 45.2 Å². The average molecular weight is 419 g/mol. The quantitative estimate of drug-likeness (QED) is 0.206. The van der Waals surface area contributed by atoms with Crippen LogP contribution in [-0.4, -0.2) is 6.29 Å². The third kappa shape index (κ3) is 6.12. The largest absolute Gasteiger partial charge is 0.249 e. The lowest BCUT2D eigenvalue weighted by atomic mass is 9.99. The molecule has 0 saturated carbocycles. The molecule has 0 unspecified atom stereocenters. The van der Waals surface area contributed by atoms with E-state index in [1.165, 1.54) is 0 Å². The average Bonchev–Trinajstić information content (AvgIpc) is 2.80. The number of rotatable bonds is 10. The summed E-state index contributed by atoms with van der Waals surface area (Å²) in [7, 11) is 0. The molecule has 0 radical (unpaired) electrons. The maximum atomic E-state index is 5.83. The molecule has 3 aromatic carbocycles. The maximum absolute atomic E-state index is 5.83. The summed E-state index contributed by atoms with van der Waals surface area (Å²) in [4.78, 5) is 23.2. The zero-order valence-electron chi connectivity index (χ0n) is 18.6. The van der Waals surface area contributed by atoms with Crippen molar-refractivity contribution in [2.24, 2.45) is 0 Å². The van der Waals surface area contributed by atoms with Crippen LogP contribution in [0.4, 0.5) is 0 Å². The Bertz CT molecular complexity index is 895. The topological polar surface area (TPSA) is 36.9 Å². The van der Waals surface area contributed by atoms with E-state index < -0.39 is 17.5 Å². The Morgan fingerprint density at radius 2 is 0.968 bits per heavy atom. The summed E-state index contributed by atoms with van der Waals surface area (Å²) in [6, 6.07) is 29.4. The van der Waals surface area contributed by atoms with Crippen molar-refractivity contribution in [3.8, 4) is 0 Å². The molecule has 4 heteroatoms. The molecule has 31 heavy (non-hydrogen) atoms. The van der Waals surface area contributed by atoms with Gasteiger partial charge in [-0.3, -0.25) is 0 Å². The first-order valence-corrected chi connectivity index (χ1v) is 10.3. The van der Waals surface area contributed by atoms with Crippen LogP contribution in [-0.2, 0) is 30.8 Å². The SMILES string of the molecule is C=C(c1ccccc1)C(OOC(C)(C)c1ccccc1)OOC(C)(C)c1ccccc1. The van der Waals surface area contributed by atoms with Gasteiger partial charge in [0.15, 0.2) is 0 Å². The Labute approximate surface area is 184 Å². The van der Waals surface area contributed by atoms with E-state index in [1.807, 2.05) is 119 Å². The van der Waals surface area contributed by atoms with Gasteiger partial charge >= 0.3 is 0 Å². The van der Waals surface area contributed by atoms with Crippen LogP contribution in [0.5, 0.6) is 0 Å². The van der Waals surface area contributed by atoms with Crippen LogP contribution >= 0.6 is 0 Å². The monoisotopic (exact) mass is 418 g/mol. The Balaban J connectivity index is 1.76. The molecule has 0 spiro atoms. The standard InChI is InChI=1S/C27H30O4/c1-21(22-15-9-6-10-16-22)25(28-30-26(2,3)23-17-11-7-12-18-23)29-31-27(4,5)24-19-13-8-14-20-24/h6-20,25H,1H2,2-5H3. The van der Waals surface area contributed by atoms with Crippen LogP contribution in [0.2, 0.25) is 0 Å². The van der Waals surface area contributed by atoms with E-state index in [9.17, 15) is 0 Å². The fourth-order valence-corrected chi connectivity index (χ4v) is 3.02. The van der Waals surface area contributed by atoms with Crippen molar-refractivity contribution in [3.63, 3.8) is 0 Å². The molecule has 0 heterocycles. The minimum atomic E-state index is -0.964. The lowest BCUT2D eigenvalue weighted by molar-refractivity contribution is -0.489. The first-order chi connectivity index (χ1) is 14.8. The summed E-state index contributed by atoms with van der Waals surface area (Å²) < 4.78 is 0. The first kappa shape index (κ1) is 22.9. The van der Waals surface area contributed by atoms with E-state index in [4.69, 9.17) is 19.6 Å². The molecule has 0 N–H and O–H groups in total. The molecule has 0 aliphatic carbocycles. The lowest BCUT2D eigenvalue weighted by Crippen LogP contribution is -2.31. The van der Waals surface area contributed by atoms with Crippen molar-refractivity contribution in [2.75, 3.05) is 0 Å². The molecule has 0 atom stereocenters. The van der Waals surface area contributed by atoms with E-state index in [-0.39, 0.29) is 0 Å². The Kier molecular flexibility index (Phi) is 7.42. The molecule has 3 rings (SSSR count). The first-order valence-electron chi connectivity index (χ1n) is 10.3. The highest BCUT2D eigenvalue weighted by Gasteiger charge is 2.30. The van der Waals surface area contributed by atoms with Crippen LogP contribution < -0.4 is 0 Å². The van der Waals surface area contributed by atoms with Crippen molar-refractivity contribution in [1.29, 1.82) is 0 Å². The molecule has 0 aromatic heterocycles. The number of hydrogen-bond acceptors (Lipinski definition) is 4. The van der Waals surface area contributed by atoms with Crippen molar-refractivity contribution < 1.29 is 19.6 Å². The maximum Gasteiger partial charge on any atom is 0.249 e. The van der Waals surface area contributed by atoms with Crippen LogP contribution in [0.25, 0.3) is 5.57 Å². The zero-order valence-corrected chi connectivity index (χ0v) is 18.6. The summed E-state index contributed by atoms with van der Waals surface area (Å²) in [5.41, 5.74) is 2.01. The molecule has 0 fully saturated rings. The predicted octanol–water partition coefficient (Wildman–Crippen LogP) is 6.79. The fraction of sp³-hybridized carbons (Fsp3) is 0.259. The fourth-order valence-electron chi connectivity index (χ4n) is 3.02. The number of hydrogen-bond donors (Lipinski definition) is 0.